The first kappa shape index (κ1) is 50.9. The van der Waals surface area contributed by atoms with E-state index in [2.05, 4.69) is 24.3 Å². The van der Waals surface area contributed by atoms with Crippen LogP contribution in [0.5, 0.6) is 0 Å². The molecule has 0 saturated carbocycles. The molecule has 1 aliphatic carbocycles. The number of nitrogens with zero attached hydrogens (tertiary/aromatic N) is 1. The molecule has 0 atom stereocenters. The highest BCUT2D eigenvalue weighted by atomic mass is 35.5. The molecular formula is C44H70ClNO13. The predicted molar refractivity (Wildman–Crippen MR) is 226 cm³/mol. The fraction of sp³-hybridized carbons (Fsp3) is 0.705. The molecule has 3 rings (SSSR count). The Morgan fingerprint density at radius 1 is 0.458 bits per heavy atom. The lowest BCUT2D eigenvalue weighted by atomic mass is 9.98. The number of rotatable bonds is 41. The molecule has 2 aromatic rings. The van der Waals surface area contributed by atoms with Crippen molar-refractivity contribution in [1.82, 2.24) is 4.90 Å². The van der Waals surface area contributed by atoms with E-state index in [1.54, 1.807) is 7.05 Å². The number of ether oxygens (including phenoxy) is 12. The molecule has 59 heavy (non-hydrogen) atoms. The van der Waals surface area contributed by atoms with Gasteiger partial charge in [-0.05, 0) is 35.1 Å². The Labute approximate surface area is 357 Å². The zero-order valence-electron chi connectivity index (χ0n) is 35.3. The average molecular weight is 856 g/mol. The number of likely N-dealkylation sites (N-methyl/N-ethyl adjacent to an activating group) is 1. The number of hydrogen-bond acceptors (Lipinski definition) is 13. The summed E-state index contributed by atoms with van der Waals surface area (Å²) in [5, 5.41) is 0. The molecule has 0 radical (unpaired) electrons. The molecular weight excluding hydrogens is 786 g/mol. The second kappa shape index (κ2) is 36.2. The maximum atomic E-state index is 12.6. The number of unbranched alkanes of at least 4 members (excludes halogenated alkanes) is 3. The number of fused-ring (bicyclic) bond motifs is 3. The summed E-state index contributed by atoms with van der Waals surface area (Å²) < 4.78 is 66.5. The van der Waals surface area contributed by atoms with Gasteiger partial charge in [-0.3, -0.25) is 0 Å². The summed E-state index contributed by atoms with van der Waals surface area (Å²) in [4.78, 5) is 14.2. The monoisotopic (exact) mass is 855 g/mol. The zero-order valence-corrected chi connectivity index (χ0v) is 36.1. The molecule has 0 N–H and O–H groups in total. The maximum absolute atomic E-state index is 12.6. The Hall–Kier alpha value is -2.44. The molecule has 1 aliphatic rings. The Kier molecular flexibility index (Phi) is 31.3. The van der Waals surface area contributed by atoms with Crippen LogP contribution in [0.3, 0.4) is 0 Å². The number of benzene rings is 2. The zero-order chi connectivity index (χ0) is 41.7. The van der Waals surface area contributed by atoms with Gasteiger partial charge >= 0.3 is 6.09 Å². The van der Waals surface area contributed by atoms with Gasteiger partial charge in [0.15, 0.2) is 0 Å². The van der Waals surface area contributed by atoms with Gasteiger partial charge in [-0.2, -0.15) is 0 Å². The molecule has 0 unspecified atom stereocenters. The van der Waals surface area contributed by atoms with Crippen LogP contribution >= 0.6 is 11.6 Å². The molecule has 0 spiro atoms. The largest absolute Gasteiger partial charge is 0.448 e. The lowest BCUT2D eigenvalue weighted by Crippen LogP contribution is -2.32. The molecule has 2 aromatic carbocycles. The Balaban J connectivity index is 0.945. The molecule has 0 heterocycles. The molecule has 0 aromatic heterocycles. The predicted octanol–water partition coefficient (Wildman–Crippen LogP) is 5.85. The van der Waals surface area contributed by atoms with E-state index in [0.717, 1.165) is 31.7 Å². The summed E-state index contributed by atoms with van der Waals surface area (Å²) in [6.45, 7) is 12.0. The van der Waals surface area contributed by atoms with Crippen molar-refractivity contribution in [1.29, 1.82) is 0 Å². The quantitative estimate of drug-likeness (QED) is 0.0587. The van der Waals surface area contributed by atoms with Gasteiger partial charge in [0.2, 0.25) is 0 Å². The van der Waals surface area contributed by atoms with Gasteiger partial charge in [-0.15, -0.1) is 11.6 Å². The molecule has 0 saturated heterocycles. The second-order valence-corrected chi connectivity index (χ2v) is 13.9. The van der Waals surface area contributed by atoms with Crippen LogP contribution in [-0.2, 0) is 56.8 Å². The number of carbonyl (C=O) groups is 1. The topological polar surface area (TPSA) is 131 Å². The van der Waals surface area contributed by atoms with Crippen LogP contribution in [0.1, 0.15) is 42.7 Å². The van der Waals surface area contributed by atoms with E-state index in [-0.39, 0.29) is 12.0 Å². The van der Waals surface area contributed by atoms with Crippen molar-refractivity contribution in [2.45, 2.75) is 31.6 Å². The normalized spacial score (nSPS) is 12.2. The first-order chi connectivity index (χ1) is 29.2. The molecule has 336 valence electrons. The standard InChI is InChI=1S/C44H70ClNO13/c1-46(44(47)59-38-43-41-12-6-4-10-39(41)40-11-5-7-13-42(40)43)15-17-49-19-21-51-23-25-53-27-29-55-31-33-57-35-37-58-36-34-56-32-30-54-28-26-52-24-22-50-20-18-48-16-9-3-2-8-14-45/h4-7,10-13,43H,2-3,8-9,14-38H2,1H3. The minimum atomic E-state index is -0.364. The third-order valence-electron chi connectivity index (χ3n) is 9.11. The number of amides is 1. The van der Waals surface area contributed by atoms with Gasteiger partial charge in [0.1, 0.15) is 6.61 Å². The Morgan fingerprint density at radius 3 is 1.15 bits per heavy atom. The van der Waals surface area contributed by atoms with Gasteiger partial charge < -0.3 is 61.7 Å². The molecule has 0 fully saturated rings. The highest BCUT2D eigenvalue weighted by molar-refractivity contribution is 6.17. The van der Waals surface area contributed by atoms with Gasteiger partial charge in [0.25, 0.3) is 0 Å². The van der Waals surface area contributed by atoms with E-state index in [1.807, 2.05) is 24.3 Å². The summed E-state index contributed by atoms with van der Waals surface area (Å²) in [5.74, 6) is 0.777. The highest BCUT2D eigenvalue weighted by Gasteiger charge is 2.29. The lowest BCUT2D eigenvalue weighted by Gasteiger charge is -2.19. The maximum Gasteiger partial charge on any atom is 0.409 e. The van der Waals surface area contributed by atoms with Gasteiger partial charge in [-0.1, -0.05) is 61.4 Å². The van der Waals surface area contributed by atoms with E-state index in [0.29, 0.717) is 152 Å². The van der Waals surface area contributed by atoms with Crippen LogP contribution in [0.25, 0.3) is 11.1 Å². The van der Waals surface area contributed by atoms with Gasteiger partial charge in [-0.25, -0.2) is 4.79 Å². The summed E-state index contributed by atoms with van der Waals surface area (Å²) in [6.07, 6.45) is 4.11. The van der Waals surface area contributed by atoms with Crippen LogP contribution in [0.4, 0.5) is 4.79 Å². The number of halogens is 1. The van der Waals surface area contributed by atoms with Crippen LogP contribution in [0, 0.1) is 0 Å². The second-order valence-electron chi connectivity index (χ2n) is 13.6. The molecule has 14 nitrogen and oxygen atoms in total. The first-order valence-electron chi connectivity index (χ1n) is 21.2. The van der Waals surface area contributed by atoms with Crippen molar-refractivity contribution in [3.8, 4) is 11.1 Å². The van der Waals surface area contributed by atoms with E-state index < -0.39 is 0 Å². The van der Waals surface area contributed by atoms with E-state index >= 15 is 0 Å². The van der Waals surface area contributed by atoms with E-state index in [4.69, 9.17) is 68.4 Å². The van der Waals surface area contributed by atoms with Crippen molar-refractivity contribution in [3.63, 3.8) is 0 Å². The third kappa shape index (κ3) is 24.6. The lowest BCUT2D eigenvalue weighted by molar-refractivity contribution is -0.0276. The van der Waals surface area contributed by atoms with E-state index in [1.165, 1.54) is 33.6 Å². The van der Waals surface area contributed by atoms with Crippen molar-refractivity contribution in [3.05, 3.63) is 59.7 Å². The molecule has 1 amide bonds. The summed E-state index contributed by atoms with van der Waals surface area (Å²) in [5.41, 5.74) is 4.80. The van der Waals surface area contributed by atoms with Crippen molar-refractivity contribution >= 4 is 17.7 Å². The van der Waals surface area contributed by atoms with E-state index in [9.17, 15) is 4.79 Å². The number of carbonyl (C=O) groups excluding carboxylic acids is 1. The summed E-state index contributed by atoms with van der Waals surface area (Å²) in [6, 6.07) is 16.6. The van der Waals surface area contributed by atoms with Gasteiger partial charge in [0, 0.05) is 32.0 Å². The van der Waals surface area contributed by atoms with Crippen molar-refractivity contribution in [2.24, 2.45) is 0 Å². The van der Waals surface area contributed by atoms with Gasteiger partial charge in [0.05, 0.1) is 139 Å². The minimum absolute atomic E-state index is 0.0375. The van der Waals surface area contributed by atoms with Crippen molar-refractivity contribution in [2.75, 3.05) is 171 Å². The van der Waals surface area contributed by atoms with Crippen LogP contribution in [0.2, 0.25) is 0 Å². The number of hydrogen-bond donors (Lipinski definition) is 0. The highest BCUT2D eigenvalue weighted by Crippen LogP contribution is 2.44. The fourth-order valence-corrected chi connectivity index (χ4v) is 6.14. The SMILES string of the molecule is CN(CCOCCOCCOCCOCCOCCOCCOCCOCCOCCOCCOCCCCCCCl)C(=O)OCC1c2ccccc2-c2ccccc21. The summed E-state index contributed by atoms with van der Waals surface area (Å²) in [7, 11) is 1.71. The van der Waals surface area contributed by atoms with Crippen LogP contribution < -0.4 is 0 Å². The first-order valence-corrected chi connectivity index (χ1v) is 21.7. The van der Waals surface area contributed by atoms with Crippen LogP contribution in [0.15, 0.2) is 48.5 Å². The molecule has 15 heteroatoms. The molecule has 0 aliphatic heterocycles. The minimum Gasteiger partial charge on any atom is -0.448 e. The van der Waals surface area contributed by atoms with Crippen LogP contribution in [-0.4, -0.2) is 182 Å². The average Bonchev–Trinajstić information content (AvgIpc) is 3.58. The Morgan fingerprint density at radius 2 is 0.780 bits per heavy atom. The summed E-state index contributed by atoms with van der Waals surface area (Å²) >= 11 is 5.66. The molecule has 0 bridgehead atoms. The smallest absolute Gasteiger partial charge is 0.409 e. The third-order valence-corrected chi connectivity index (χ3v) is 9.38. The fourth-order valence-electron chi connectivity index (χ4n) is 5.95. The van der Waals surface area contributed by atoms with Crippen molar-refractivity contribution < 1.29 is 61.6 Å². The Bertz CT molecular complexity index is 1250. The number of alkyl halides is 1.